The van der Waals surface area contributed by atoms with Gasteiger partial charge in [0.15, 0.2) is 0 Å². The van der Waals surface area contributed by atoms with Crippen LogP contribution in [0.25, 0.3) is 0 Å². The molecular weight excluding hydrogens is 336 g/mol. The van der Waals surface area contributed by atoms with Gasteiger partial charge < -0.3 is 14.9 Å². The average molecular weight is 370 g/mol. The van der Waals surface area contributed by atoms with Crippen molar-refractivity contribution in [3.05, 3.63) is 12.2 Å². The second kappa shape index (κ2) is 18.0. The van der Waals surface area contributed by atoms with Crippen LogP contribution in [0.15, 0.2) is 12.2 Å². The number of hydrogen-bond donors (Lipinski definition) is 2. The molecule has 0 spiro atoms. The van der Waals surface area contributed by atoms with Gasteiger partial charge in [-0.1, -0.05) is 51.0 Å². The largest absolute Gasteiger partial charge is 0.481 e. The molecule has 0 amide bonds. The number of aliphatic carboxylic acids is 2. The van der Waals surface area contributed by atoms with Gasteiger partial charge in [0.2, 0.25) is 0 Å². The molecule has 0 saturated heterocycles. The van der Waals surface area contributed by atoms with Crippen LogP contribution in [0.2, 0.25) is 0 Å². The van der Waals surface area contributed by atoms with Crippen molar-refractivity contribution in [2.45, 2.75) is 89.9 Å². The Morgan fingerprint density at radius 3 is 1.85 bits per heavy atom. The Hall–Kier alpha value is -1.85. The zero-order valence-electron chi connectivity index (χ0n) is 15.8. The van der Waals surface area contributed by atoms with Gasteiger partial charge in [0.1, 0.15) is 0 Å². The van der Waals surface area contributed by atoms with E-state index in [1.165, 1.54) is 6.08 Å². The van der Waals surface area contributed by atoms with Crippen LogP contribution in [-0.4, -0.2) is 34.7 Å². The highest BCUT2D eigenvalue weighted by Gasteiger charge is 2.02. The number of esters is 1. The van der Waals surface area contributed by atoms with E-state index in [0.29, 0.717) is 13.0 Å². The van der Waals surface area contributed by atoms with Crippen LogP contribution in [0.5, 0.6) is 0 Å². The minimum Gasteiger partial charge on any atom is -0.481 e. The molecule has 150 valence electrons. The first-order valence-corrected chi connectivity index (χ1v) is 9.79. The fraction of sp³-hybridized carbons (Fsp3) is 0.750. The van der Waals surface area contributed by atoms with Crippen molar-refractivity contribution in [3.63, 3.8) is 0 Å². The molecule has 0 aliphatic carbocycles. The number of unbranched alkanes of at least 4 members (excludes halogenated alkanes) is 10. The van der Waals surface area contributed by atoms with E-state index < -0.39 is 11.9 Å². The molecule has 0 atom stereocenters. The molecule has 0 aromatic carbocycles. The maximum atomic E-state index is 11.6. The van der Waals surface area contributed by atoms with Gasteiger partial charge in [0.25, 0.3) is 0 Å². The van der Waals surface area contributed by atoms with Crippen molar-refractivity contribution in [2.75, 3.05) is 6.61 Å². The first-order chi connectivity index (χ1) is 12.5. The third kappa shape index (κ3) is 20.2. The standard InChI is InChI=1S/C20H34O6/c21-18(22)14-10-6-2-1-5-9-13-17-26-20(25)16-12-8-4-3-7-11-15-19(23)24/h10,14H,1-9,11-13,15-17H2,(H,21,22)(H,23,24)/b14-10+. The summed E-state index contributed by atoms with van der Waals surface area (Å²) in [4.78, 5) is 32.2. The summed E-state index contributed by atoms with van der Waals surface area (Å²) in [5.41, 5.74) is 0. The van der Waals surface area contributed by atoms with E-state index in [9.17, 15) is 14.4 Å². The molecule has 0 bridgehead atoms. The Balaban J connectivity index is 3.24. The first-order valence-electron chi connectivity index (χ1n) is 9.79. The molecule has 0 aromatic rings. The van der Waals surface area contributed by atoms with Crippen molar-refractivity contribution in [1.29, 1.82) is 0 Å². The monoisotopic (exact) mass is 370 g/mol. The lowest BCUT2D eigenvalue weighted by Gasteiger charge is -2.05. The number of ether oxygens (including phenoxy) is 1. The number of carbonyl (C=O) groups excluding carboxylic acids is 1. The highest BCUT2D eigenvalue weighted by Crippen LogP contribution is 2.10. The minimum absolute atomic E-state index is 0.130. The van der Waals surface area contributed by atoms with Crippen LogP contribution in [-0.2, 0) is 19.1 Å². The van der Waals surface area contributed by atoms with Crippen LogP contribution >= 0.6 is 0 Å². The van der Waals surface area contributed by atoms with Gasteiger partial charge in [-0.2, -0.15) is 0 Å². The number of carboxylic acids is 2. The topological polar surface area (TPSA) is 101 Å². The highest BCUT2D eigenvalue weighted by molar-refractivity contribution is 5.79. The predicted molar refractivity (Wildman–Crippen MR) is 100 cm³/mol. The minimum atomic E-state index is -0.900. The Morgan fingerprint density at radius 1 is 0.692 bits per heavy atom. The molecule has 26 heavy (non-hydrogen) atoms. The van der Waals surface area contributed by atoms with Crippen LogP contribution in [0.1, 0.15) is 89.9 Å². The first kappa shape index (κ1) is 24.1. The molecule has 0 rings (SSSR count). The fourth-order valence-electron chi connectivity index (χ4n) is 2.59. The third-order valence-corrected chi connectivity index (χ3v) is 4.06. The molecule has 0 heterocycles. The number of hydrogen-bond acceptors (Lipinski definition) is 4. The summed E-state index contributed by atoms with van der Waals surface area (Å²) in [5, 5.41) is 17.0. The van der Waals surface area contributed by atoms with E-state index >= 15 is 0 Å². The Bertz CT molecular complexity index is 417. The maximum absolute atomic E-state index is 11.6. The zero-order valence-corrected chi connectivity index (χ0v) is 15.8. The van der Waals surface area contributed by atoms with Crippen molar-refractivity contribution in [2.24, 2.45) is 0 Å². The summed E-state index contributed by atoms with van der Waals surface area (Å²) >= 11 is 0. The summed E-state index contributed by atoms with van der Waals surface area (Å²) in [5.74, 6) is -1.77. The molecule has 0 aromatic heterocycles. The molecule has 6 heteroatoms. The Labute approximate surface area is 156 Å². The number of carboxylic acid groups (broad SMARTS) is 2. The van der Waals surface area contributed by atoms with E-state index in [-0.39, 0.29) is 12.4 Å². The lowest BCUT2D eigenvalue weighted by Crippen LogP contribution is -2.05. The summed E-state index contributed by atoms with van der Waals surface area (Å²) in [6.07, 6.45) is 14.9. The Kier molecular flexibility index (Phi) is 16.7. The molecular formula is C20H34O6. The Morgan fingerprint density at radius 2 is 1.23 bits per heavy atom. The summed E-state index contributed by atoms with van der Waals surface area (Å²) < 4.78 is 5.20. The SMILES string of the molecule is O=C(O)/C=C/CCCCCCCOC(=O)CCCCCCCCC(=O)O. The van der Waals surface area contributed by atoms with Gasteiger partial charge in [-0.15, -0.1) is 0 Å². The van der Waals surface area contributed by atoms with Crippen LogP contribution in [0.3, 0.4) is 0 Å². The molecule has 0 radical (unpaired) electrons. The molecule has 0 aliphatic heterocycles. The van der Waals surface area contributed by atoms with Gasteiger partial charge in [0.05, 0.1) is 6.61 Å². The van der Waals surface area contributed by atoms with Crippen LogP contribution < -0.4 is 0 Å². The van der Waals surface area contributed by atoms with Crippen molar-refractivity contribution in [1.82, 2.24) is 0 Å². The summed E-state index contributed by atoms with van der Waals surface area (Å²) in [6.45, 7) is 0.479. The molecule has 0 unspecified atom stereocenters. The molecule has 2 N–H and O–H groups in total. The number of carbonyl (C=O) groups is 3. The van der Waals surface area contributed by atoms with E-state index in [0.717, 1.165) is 77.0 Å². The molecule has 0 aliphatic rings. The smallest absolute Gasteiger partial charge is 0.327 e. The van der Waals surface area contributed by atoms with Gasteiger partial charge in [-0.05, 0) is 32.1 Å². The lowest BCUT2D eigenvalue weighted by molar-refractivity contribution is -0.144. The zero-order chi connectivity index (χ0) is 19.5. The normalized spacial score (nSPS) is 10.9. The molecule has 0 saturated carbocycles. The van der Waals surface area contributed by atoms with Crippen molar-refractivity contribution >= 4 is 17.9 Å². The highest BCUT2D eigenvalue weighted by atomic mass is 16.5. The average Bonchev–Trinajstić information content (AvgIpc) is 2.58. The van der Waals surface area contributed by atoms with E-state index in [2.05, 4.69) is 0 Å². The van der Waals surface area contributed by atoms with E-state index in [4.69, 9.17) is 14.9 Å². The summed E-state index contributed by atoms with van der Waals surface area (Å²) in [6, 6.07) is 0. The van der Waals surface area contributed by atoms with Crippen LogP contribution in [0, 0.1) is 0 Å². The third-order valence-electron chi connectivity index (χ3n) is 4.06. The number of rotatable bonds is 18. The summed E-state index contributed by atoms with van der Waals surface area (Å²) in [7, 11) is 0. The quantitative estimate of drug-likeness (QED) is 0.206. The molecule has 6 nitrogen and oxygen atoms in total. The number of allylic oxidation sites excluding steroid dienone is 1. The van der Waals surface area contributed by atoms with Gasteiger partial charge in [-0.25, -0.2) is 4.79 Å². The second-order valence-electron chi connectivity index (χ2n) is 6.53. The van der Waals surface area contributed by atoms with Gasteiger partial charge in [-0.3, -0.25) is 9.59 Å². The molecule has 0 fully saturated rings. The predicted octanol–water partition coefficient (Wildman–Crippen LogP) is 4.72. The van der Waals surface area contributed by atoms with E-state index in [1.54, 1.807) is 6.08 Å². The van der Waals surface area contributed by atoms with Crippen LogP contribution in [0.4, 0.5) is 0 Å². The second-order valence-corrected chi connectivity index (χ2v) is 6.53. The van der Waals surface area contributed by atoms with Gasteiger partial charge in [0, 0.05) is 18.9 Å². The maximum Gasteiger partial charge on any atom is 0.327 e. The van der Waals surface area contributed by atoms with Crippen molar-refractivity contribution in [3.8, 4) is 0 Å². The lowest BCUT2D eigenvalue weighted by atomic mass is 10.1. The fourth-order valence-corrected chi connectivity index (χ4v) is 2.59. The van der Waals surface area contributed by atoms with Crippen molar-refractivity contribution < 1.29 is 29.3 Å². The van der Waals surface area contributed by atoms with E-state index in [1.807, 2.05) is 0 Å². The van der Waals surface area contributed by atoms with Gasteiger partial charge >= 0.3 is 17.9 Å².